The summed E-state index contributed by atoms with van der Waals surface area (Å²) in [6.45, 7) is 8.38. The van der Waals surface area contributed by atoms with Crippen molar-refractivity contribution >= 4 is 21.7 Å². The van der Waals surface area contributed by atoms with Gasteiger partial charge in [0.25, 0.3) is 0 Å². The van der Waals surface area contributed by atoms with Gasteiger partial charge in [0.1, 0.15) is 0 Å². The lowest BCUT2D eigenvalue weighted by molar-refractivity contribution is 0.0962. The van der Waals surface area contributed by atoms with E-state index in [2.05, 4.69) is 29.8 Å². The van der Waals surface area contributed by atoms with Crippen LogP contribution >= 0.6 is 15.9 Å². The normalized spacial score (nSPS) is 12.5. The molecule has 0 aliphatic heterocycles. The van der Waals surface area contributed by atoms with Crippen molar-refractivity contribution in [1.29, 1.82) is 0 Å². The summed E-state index contributed by atoms with van der Waals surface area (Å²) >= 11 is 3.53. The minimum absolute atomic E-state index is 0.268. The van der Waals surface area contributed by atoms with Gasteiger partial charge in [0.2, 0.25) is 0 Å². The van der Waals surface area contributed by atoms with Crippen LogP contribution in [0.4, 0.5) is 0 Å². The summed E-state index contributed by atoms with van der Waals surface area (Å²) < 4.78 is 1.11. The molecule has 0 bridgehead atoms. The third-order valence-electron chi connectivity index (χ3n) is 3.07. The van der Waals surface area contributed by atoms with Crippen LogP contribution in [-0.4, -0.2) is 5.78 Å². The Hall–Kier alpha value is -0.630. The van der Waals surface area contributed by atoms with Crippen LogP contribution in [-0.2, 0) is 0 Å². The van der Waals surface area contributed by atoms with Crippen molar-refractivity contribution in [2.45, 2.75) is 47.0 Å². The van der Waals surface area contributed by atoms with Crippen molar-refractivity contribution in [3.63, 3.8) is 0 Å². The molecule has 0 spiro atoms. The van der Waals surface area contributed by atoms with E-state index in [0.717, 1.165) is 34.0 Å². The maximum Gasteiger partial charge on any atom is 0.163 e. The van der Waals surface area contributed by atoms with Crippen LogP contribution in [0.15, 0.2) is 16.6 Å². The van der Waals surface area contributed by atoms with Crippen LogP contribution < -0.4 is 0 Å². The average molecular weight is 297 g/mol. The minimum atomic E-state index is 0.268. The number of hydrogen-bond acceptors (Lipinski definition) is 1. The molecule has 94 valence electrons. The zero-order valence-electron chi connectivity index (χ0n) is 11.1. The van der Waals surface area contributed by atoms with Crippen LogP contribution in [0.1, 0.15) is 54.6 Å². The van der Waals surface area contributed by atoms with E-state index >= 15 is 0 Å². The molecule has 1 rings (SSSR count). The number of Topliss-reactive ketones (excluding diaryl/α,β-unsaturated/α-hetero) is 1. The second-order valence-electron chi connectivity index (χ2n) is 4.95. The topological polar surface area (TPSA) is 17.1 Å². The van der Waals surface area contributed by atoms with Crippen molar-refractivity contribution in [2.75, 3.05) is 0 Å². The Labute approximate surface area is 113 Å². The summed E-state index contributed by atoms with van der Waals surface area (Å²) in [5.74, 6) is 0.751. The van der Waals surface area contributed by atoms with Gasteiger partial charge < -0.3 is 0 Å². The summed E-state index contributed by atoms with van der Waals surface area (Å²) in [5, 5.41) is 0. The molecule has 0 aliphatic carbocycles. The highest BCUT2D eigenvalue weighted by Gasteiger charge is 2.12. The van der Waals surface area contributed by atoms with Crippen LogP contribution in [0.5, 0.6) is 0 Å². The summed E-state index contributed by atoms with van der Waals surface area (Å²) in [4.78, 5) is 12.1. The number of carbonyl (C=O) groups is 1. The number of ketones is 1. The van der Waals surface area contributed by atoms with Gasteiger partial charge in [0.05, 0.1) is 0 Å². The van der Waals surface area contributed by atoms with E-state index in [0.29, 0.717) is 12.3 Å². The van der Waals surface area contributed by atoms with Gasteiger partial charge in [0, 0.05) is 16.5 Å². The first kappa shape index (κ1) is 14.4. The molecule has 1 unspecified atom stereocenters. The second-order valence-corrected chi connectivity index (χ2v) is 5.74. The number of carbonyl (C=O) groups excluding carboxylic acids is 1. The Bertz CT molecular complexity index is 386. The second kappa shape index (κ2) is 6.34. The molecule has 0 saturated carbocycles. The van der Waals surface area contributed by atoms with Gasteiger partial charge in [-0.3, -0.25) is 4.79 Å². The van der Waals surface area contributed by atoms with E-state index in [1.807, 2.05) is 26.0 Å². The molecule has 1 aromatic rings. The highest BCUT2D eigenvalue weighted by atomic mass is 79.9. The van der Waals surface area contributed by atoms with Gasteiger partial charge in [-0.1, -0.05) is 42.6 Å². The van der Waals surface area contributed by atoms with Gasteiger partial charge in [-0.2, -0.15) is 0 Å². The van der Waals surface area contributed by atoms with Crippen molar-refractivity contribution in [3.8, 4) is 0 Å². The Morgan fingerprint density at radius 2 is 1.82 bits per heavy atom. The first-order valence-electron chi connectivity index (χ1n) is 6.25. The Balaban J connectivity index is 2.83. The van der Waals surface area contributed by atoms with Gasteiger partial charge in [-0.15, -0.1) is 0 Å². The molecule has 0 aliphatic rings. The lowest BCUT2D eigenvalue weighted by Crippen LogP contribution is -2.06. The molecule has 0 aromatic heterocycles. The van der Waals surface area contributed by atoms with Gasteiger partial charge in [-0.05, 0) is 43.0 Å². The maximum atomic E-state index is 12.1. The third kappa shape index (κ3) is 3.95. The molecular formula is C15H21BrO. The quantitative estimate of drug-likeness (QED) is 0.693. The van der Waals surface area contributed by atoms with Gasteiger partial charge in [0.15, 0.2) is 5.78 Å². The van der Waals surface area contributed by atoms with E-state index in [1.165, 1.54) is 0 Å². The maximum absolute atomic E-state index is 12.1. The van der Waals surface area contributed by atoms with E-state index in [4.69, 9.17) is 0 Å². The fourth-order valence-corrected chi connectivity index (χ4v) is 2.37. The number of benzene rings is 1. The fourth-order valence-electron chi connectivity index (χ4n) is 2.14. The smallest absolute Gasteiger partial charge is 0.163 e. The molecule has 2 heteroatoms. The van der Waals surface area contributed by atoms with Crippen LogP contribution in [0, 0.1) is 19.8 Å². The van der Waals surface area contributed by atoms with Crippen molar-refractivity contribution in [1.82, 2.24) is 0 Å². The van der Waals surface area contributed by atoms with Crippen LogP contribution in [0.3, 0.4) is 0 Å². The molecule has 0 saturated heterocycles. The highest BCUT2D eigenvalue weighted by Crippen LogP contribution is 2.24. The molecule has 1 nitrogen and oxygen atoms in total. The lowest BCUT2D eigenvalue weighted by Gasteiger charge is -2.11. The average Bonchev–Trinajstić information content (AvgIpc) is 2.25. The molecule has 1 atom stereocenters. The zero-order valence-corrected chi connectivity index (χ0v) is 12.7. The predicted octanol–water partition coefficient (Wildman–Crippen LogP) is 5.07. The van der Waals surface area contributed by atoms with E-state index < -0.39 is 0 Å². The summed E-state index contributed by atoms with van der Waals surface area (Å²) in [7, 11) is 0. The number of halogens is 1. The molecular weight excluding hydrogens is 276 g/mol. The Kier molecular flexibility index (Phi) is 5.38. The van der Waals surface area contributed by atoms with E-state index in [1.54, 1.807) is 0 Å². The molecule has 0 heterocycles. The Morgan fingerprint density at radius 3 is 2.29 bits per heavy atom. The first-order chi connectivity index (χ1) is 7.95. The standard InChI is InChI=1S/C15H21BrO/c1-5-6-10(2)7-14(17)13-8-11(3)15(16)12(4)9-13/h8-10H,5-7H2,1-4H3. The van der Waals surface area contributed by atoms with Crippen molar-refractivity contribution in [2.24, 2.45) is 5.92 Å². The molecule has 0 fully saturated rings. The fraction of sp³-hybridized carbons (Fsp3) is 0.533. The van der Waals surface area contributed by atoms with Crippen molar-refractivity contribution in [3.05, 3.63) is 33.3 Å². The molecule has 17 heavy (non-hydrogen) atoms. The summed E-state index contributed by atoms with van der Waals surface area (Å²) in [6.07, 6.45) is 2.93. The number of hydrogen-bond donors (Lipinski definition) is 0. The molecule has 0 N–H and O–H groups in total. The van der Waals surface area contributed by atoms with Crippen LogP contribution in [0.2, 0.25) is 0 Å². The van der Waals surface area contributed by atoms with E-state index in [-0.39, 0.29) is 5.78 Å². The predicted molar refractivity (Wildman–Crippen MR) is 76.6 cm³/mol. The molecule has 0 radical (unpaired) electrons. The van der Waals surface area contributed by atoms with Crippen LogP contribution in [0.25, 0.3) is 0 Å². The highest BCUT2D eigenvalue weighted by molar-refractivity contribution is 9.10. The third-order valence-corrected chi connectivity index (χ3v) is 4.32. The molecule has 0 amide bonds. The monoisotopic (exact) mass is 296 g/mol. The summed E-state index contributed by atoms with van der Waals surface area (Å²) in [5.41, 5.74) is 3.12. The first-order valence-corrected chi connectivity index (χ1v) is 7.05. The zero-order chi connectivity index (χ0) is 13.0. The van der Waals surface area contributed by atoms with Crippen molar-refractivity contribution < 1.29 is 4.79 Å². The number of rotatable bonds is 5. The van der Waals surface area contributed by atoms with Gasteiger partial charge >= 0.3 is 0 Å². The van der Waals surface area contributed by atoms with E-state index in [9.17, 15) is 4.79 Å². The van der Waals surface area contributed by atoms with Gasteiger partial charge in [-0.25, -0.2) is 0 Å². The summed E-state index contributed by atoms with van der Waals surface area (Å²) in [6, 6.07) is 3.97. The number of aryl methyl sites for hydroxylation is 2. The minimum Gasteiger partial charge on any atom is -0.294 e. The Morgan fingerprint density at radius 1 is 1.29 bits per heavy atom. The molecule has 1 aromatic carbocycles. The SMILES string of the molecule is CCCC(C)CC(=O)c1cc(C)c(Br)c(C)c1. The lowest BCUT2D eigenvalue weighted by atomic mass is 9.94. The largest absolute Gasteiger partial charge is 0.294 e.